The summed E-state index contributed by atoms with van der Waals surface area (Å²) >= 11 is 0. The average molecular weight is 349 g/mol. The van der Waals surface area contributed by atoms with E-state index < -0.39 is 0 Å². The van der Waals surface area contributed by atoms with Crippen molar-refractivity contribution < 1.29 is 5.11 Å². The molecule has 2 aliphatic heterocycles. The Morgan fingerprint density at radius 1 is 1.12 bits per heavy atom. The Kier molecular flexibility index (Phi) is 3.56. The first-order chi connectivity index (χ1) is 12.8. The van der Waals surface area contributed by atoms with Gasteiger partial charge in [-0.05, 0) is 36.6 Å². The molecule has 2 atom stereocenters. The summed E-state index contributed by atoms with van der Waals surface area (Å²) in [5.41, 5.74) is 2.97. The highest BCUT2D eigenvalue weighted by Crippen LogP contribution is 2.32. The molecule has 0 saturated carbocycles. The molecule has 5 rings (SSSR count). The van der Waals surface area contributed by atoms with Crippen LogP contribution in [0, 0.1) is 5.92 Å². The van der Waals surface area contributed by atoms with Gasteiger partial charge in [0.25, 0.3) is 0 Å². The molecule has 0 spiro atoms. The van der Waals surface area contributed by atoms with Gasteiger partial charge in [0, 0.05) is 36.5 Å². The lowest BCUT2D eigenvalue weighted by molar-refractivity contribution is 0.477. The normalized spacial score (nSPS) is 21.9. The van der Waals surface area contributed by atoms with Crippen LogP contribution in [0.3, 0.4) is 0 Å². The maximum absolute atomic E-state index is 10.4. The van der Waals surface area contributed by atoms with Gasteiger partial charge in [-0.3, -0.25) is 5.10 Å². The van der Waals surface area contributed by atoms with E-state index in [0.717, 1.165) is 30.8 Å². The highest BCUT2D eigenvalue weighted by molar-refractivity contribution is 5.73. The van der Waals surface area contributed by atoms with Crippen molar-refractivity contribution in [3.05, 3.63) is 36.8 Å². The van der Waals surface area contributed by atoms with Gasteiger partial charge in [-0.15, -0.1) is 10.2 Å². The number of hydrogen-bond acceptors (Lipinski definition) is 7. The fourth-order valence-corrected chi connectivity index (χ4v) is 3.89. The molecule has 2 aromatic heterocycles. The van der Waals surface area contributed by atoms with Crippen LogP contribution in [0.4, 0.5) is 5.95 Å². The number of benzene rings is 1. The Morgan fingerprint density at radius 2 is 2.08 bits per heavy atom. The Bertz CT molecular complexity index is 898. The Morgan fingerprint density at radius 3 is 2.81 bits per heavy atom. The van der Waals surface area contributed by atoms with Gasteiger partial charge >= 0.3 is 0 Å². The van der Waals surface area contributed by atoms with Crippen molar-refractivity contribution in [1.29, 1.82) is 0 Å². The van der Waals surface area contributed by atoms with Gasteiger partial charge in [-0.2, -0.15) is 5.10 Å². The molecule has 26 heavy (non-hydrogen) atoms. The second kappa shape index (κ2) is 6.06. The lowest BCUT2D eigenvalue weighted by atomic mass is 10.0. The third-order valence-electron chi connectivity index (χ3n) is 5.30. The maximum atomic E-state index is 10.4. The zero-order chi connectivity index (χ0) is 17.5. The number of fused-ring (bicyclic) bond motifs is 1. The molecule has 0 radical (unpaired) electrons. The molecule has 3 N–H and O–H groups in total. The lowest BCUT2D eigenvalue weighted by Crippen LogP contribution is -2.31. The predicted octanol–water partition coefficient (Wildman–Crippen LogP) is 1.43. The minimum absolute atomic E-state index is 0.146. The number of aromatic amines is 1. The van der Waals surface area contributed by atoms with Crippen LogP contribution in [-0.4, -0.2) is 56.2 Å². The maximum Gasteiger partial charge on any atom is 0.245 e. The molecule has 3 aromatic rings. The molecule has 0 bridgehead atoms. The van der Waals surface area contributed by atoms with Crippen molar-refractivity contribution in [1.82, 2.24) is 30.7 Å². The zero-order valence-electron chi connectivity index (χ0n) is 14.1. The summed E-state index contributed by atoms with van der Waals surface area (Å²) in [7, 11) is 0. The van der Waals surface area contributed by atoms with Crippen LogP contribution >= 0.6 is 0 Å². The van der Waals surface area contributed by atoms with Crippen LogP contribution in [0.25, 0.3) is 22.4 Å². The molecular weight excluding hydrogens is 330 g/mol. The number of phenolic OH excluding ortho intramolecular Hbond substituents is 1. The summed E-state index contributed by atoms with van der Waals surface area (Å²) in [6.45, 7) is 3.01. The van der Waals surface area contributed by atoms with E-state index in [1.54, 1.807) is 24.7 Å². The van der Waals surface area contributed by atoms with Crippen molar-refractivity contribution >= 4 is 5.95 Å². The van der Waals surface area contributed by atoms with Crippen LogP contribution in [0.15, 0.2) is 36.8 Å². The number of rotatable bonds is 3. The Labute approximate surface area is 150 Å². The molecule has 1 aromatic carbocycles. The van der Waals surface area contributed by atoms with Crippen molar-refractivity contribution in [2.75, 3.05) is 24.5 Å². The summed E-state index contributed by atoms with van der Waals surface area (Å²) in [5, 5.41) is 29.2. The van der Waals surface area contributed by atoms with E-state index in [-0.39, 0.29) is 5.75 Å². The Balaban J connectivity index is 1.37. The number of aromatic hydroxyl groups is 1. The molecule has 0 amide bonds. The van der Waals surface area contributed by atoms with Gasteiger partial charge in [-0.25, -0.2) is 4.98 Å². The summed E-state index contributed by atoms with van der Waals surface area (Å²) in [5.74, 6) is 1.48. The number of nitrogens with zero attached hydrogens (tertiary/aromatic N) is 5. The van der Waals surface area contributed by atoms with Gasteiger partial charge in [0.15, 0.2) is 0 Å². The quantitative estimate of drug-likeness (QED) is 0.657. The van der Waals surface area contributed by atoms with Crippen molar-refractivity contribution in [3.8, 4) is 28.1 Å². The first-order valence-corrected chi connectivity index (χ1v) is 8.78. The van der Waals surface area contributed by atoms with E-state index in [1.807, 2.05) is 12.1 Å². The summed E-state index contributed by atoms with van der Waals surface area (Å²) < 4.78 is 0. The van der Waals surface area contributed by atoms with E-state index in [1.165, 1.54) is 6.42 Å². The van der Waals surface area contributed by atoms with Crippen molar-refractivity contribution in [2.45, 2.75) is 12.5 Å². The smallest absolute Gasteiger partial charge is 0.245 e. The molecule has 8 nitrogen and oxygen atoms in total. The van der Waals surface area contributed by atoms with Crippen LogP contribution < -0.4 is 10.2 Å². The van der Waals surface area contributed by atoms with Gasteiger partial charge < -0.3 is 15.3 Å². The van der Waals surface area contributed by atoms with Crippen LogP contribution in [0.2, 0.25) is 0 Å². The average Bonchev–Trinajstić information content (AvgIpc) is 3.39. The Hall–Kier alpha value is -3.00. The van der Waals surface area contributed by atoms with Crippen molar-refractivity contribution in [3.63, 3.8) is 0 Å². The van der Waals surface area contributed by atoms with E-state index in [9.17, 15) is 5.11 Å². The number of nitrogens with one attached hydrogen (secondary N) is 2. The molecule has 132 valence electrons. The van der Waals surface area contributed by atoms with Gasteiger partial charge in [-0.1, -0.05) is 6.07 Å². The molecular formula is C18H19N7O. The number of anilines is 1. The largest absolute Gasteiger partial charge is 0.507 e. The third-order valence-corrected chi connectivity index (χ3v) is 5.30. The van der Waals surface area contributed by atoms with Gasteiger partial charge in [0.05, 0.1) is 12.4 Å². The molecule has 2 unspecified atom stereocenters. The second-order valence-corrected chi connectivity index (χ2v) is 6.88. The molecule has 2 fully saturated rings. The topological polar surface area (TPSA) is 103 Å². The zero-order valence-corrected chi connectivity index (χ0v) is 14.1. The standard InChI is InChI=1S/C18H19N7O/c26-17-5-11(13-6-21-22-7-13)1-2-14(17)15-8-20-18(24-23-15)25-9-12-3-4-19-16(12)10-25/h1-2,5-8,12,16,19,26H,3-4,9-10H2,(H,21,22). The van der Waals surface area contributed by atoms with Crippen LogP contribution in [0.1, 0.15) is 6.42 Å². The predicted molar refractivity (Wildman–Crippen MR) is 96.6 cm³/mol. The number of hydrogen-bond donors (Lipinski definition) is 3. The van der Waals surface area contributed by atoms with Gasteiger partial charge in [0.2, 0.25) is 5.95 Å². The third kappa shape index (κ3) is 2.59. The van der Waals surface area contributed by atoms with Crippen molar-refractivity contribution in [2.24, 2.45) is 5.92 Å². The summed E-state index contributed by atoms with van der Waals surface area (Å²) in [4.78, 5) is 6.66. The first-order valence-electron chi connectivity index (χ1n) is 8.78. The number of aromatic nitrogens is 5. The highest BCUT2D eigenvalue weighted by atomic mass is 16.3. The molecule has 8 heteroatoms. The monoisotopic (exact) mass is 349 g/mol. The van der Waals surface area contributed by atoms with Gasteiger partial charge in [0.1, 0.15) is 11.4 Å². The van der Waals surface area contributed by atoms with E-state index in [2.05, 4.69) is 35.6 Å². The molecule has 2 saturated heterocycles. The molecule has 4 heterocycles. The SMILES string of the molecule is Oc1cc(-c2cn[nH]c2)ccc1-c1cnc(N2CC3CCNC3C2)nn1. The van der Waals surface area contributed by atoms with Crippen LogP contribution in [0.5, 0.6) is 5.75 Å². The number of H-pyrrole nitrogens is 1. The highest BCUT2D eigenvalue weighted by Gasteiger charge is 2.37. The molecule has 0 aliphatic carbocycles. The summed E-state index contributed by atoms with van der Waals surface area (Å²) in [6, 6.07) is 5.98. The first kappa shape index (κ1) is 15.3. The number of phenols is 1. The minimum atomic E-state index is 0.146. The fraction of sp³-hybridized carbons (Fsp3) is 0.333. The molecule has 2 aliphatic rings. The van der Waals surface area contributed by atoms with E-state index in [4.69, 9.17) is 0 Å². The minimum Gasteiger partial charge on any atom is -0.507 e. The van der Waals surface area contributed by atoms with Crippen LogP contribution in [-0.2, 0) is 0 Å². The fourth-order valence-electron chi connectivity index (χ4n) is 3.89. The van der Waals surface area contributed by atoms with E-state index in [0.29, 0.717) is 29.2 Å². The summed E-state index contributed by atoms with van der Waals surface area (Å²) in [6.07, 6.45) is 6.38. The lowest BCUT2D eigenvalue weighted by Gasteiger charge is -2.16. The van der Waals surface area contributed by atoms with E-state index >= 15 is 0 Å². The second-order valence-electron chi connectivity index (χ2n) is 6.88.